The van der Waals surface area contributed by atoms with Crippen molar-refractivity contribution < 1.29 is 22.7 Å². The van der Waals surface area contributed by atoms with Gasteiger partial charge in [0.05, 0.1) is 30.0 Å². The molecule has 0 aromatic heterocycles. The average Bonchev–Trinajstić information content (AvgIpc) is 2.89. The number of hydrazone groups is 1. The topological polar surface area (TPSA) is 97.3 Å². The molecule has 9 heteroatoms. The van der Waals surface area contributed by atoms with Gasteiger partial charge in [-0.2, -0.15) is 5.10 Å². The standard InChI is InChI=1S/C27H31N3O5S/c1-4-21-12-15-23(16-13-21)30(36(32,33)24-10-8-7-9-11-24)20-27(31)29-28-19-22-14-17-25(34-5-2)26(18-22)35-6-3/h7-19H,4-6,20H2,1-3H3,(H,29,31)/b28-19-. The summed E-state index contributed by atoms with van der Waals surface area (Å²) in [5, 5.41) is 4.00. The SMILES string of the molecule is CCOc1ccc(/C=N\NC(=O)CN(c2ccc(CC)cc2)S(=O)(=O)c2ccccc2)cc1OCC. The molecule has 0 fully saturated rings. The van der Waals surface area contributed by atoms with Crippen LogP contribution in [0, 0.1) is 0 Å². The molecule has 0 atom stereocenters. The summed E-state index contributed by atoms with van der Waals surface area (Å²) in [5.74, 6) is 0.614. The third-order valence-electron chi connectivity index (χ3n) is 5.22. The highest BCUT2D eigenvalue weighted by molar-refractivity contribution is 7.92. The summed E-state index contributed by atoms with van der Waals surface area (Å²) in [4.78, 5) is 12.8. The zero-order valence-corrected chi connectivity index (χ0v) is 21.5. The van der Waals surface area contributed by atoms with Gasteiger partial charge >= 0.3 is 0 Å². The minimum atomic E-state index is -3.98. The summed E-state index contributed by atoms with van der Waals surface area (Å²) in [5.41, 5.74) is 4.56. The number of sulfonamides is 1. The lowest BCUT2D eigenvalue weighted by Gasteiger charge is -2.24. The fourth-order valence-electron chi connectivity index (χ4n) is 3.43. The van der Waals surface area contributed by atoms with E-state index in [1.54, 1.807) is 48.5 Å². The lowest BCUT2D eigenvalue weighted by Crippen LogP contribution is -2.39. The van der Waals surface area contributed by atoms with Crippen molar-refractivity contribution >= 4 is 27.8 Å². The first-order valence-electron chi connectivity index (χ1n) is 11.8. The largest absolute Gasteiger partial charge is 0.490 e. The molecule has 36 heavy (non-hydrogen) atoms. The maximum atomic E-state index is 13.4. The van der Waals surface area contributed by atoms with E-state index in [0.29, 0.717) is 36.0 Å². The molecule has 0 aliphatic carbocycles. The summed E-state index contributed by atoms with van der Waals surface area (Å²) in [6.07, 6.45) is 2.28. The van der Waals surface area contributed by atoms with Gasteiger partial charge in [0.25, 0.3) is 15.9 Å². The fourth-order valence-corrected chi connectivity index (χ4v) is 4.87. The second-order valence-electron chi connectivity index (χ2n) is 7.71. The van der Waals surface area contributed by atoms with Gasteiger partial charge in [-0.15, -0.1) is 0 Å². The maximum absolute atomic E-state index is 13.4. The number of hydrogen-bond donors (Lipinski definition) is 1. The van der Waals surface area contributed by atoms with Crippen LogP contribution in [0.25, 0.3) is 0 Å². The van der Waals surface area contributed by atoms with E-state index in [4.69, 9.17) is 9.47 Å². The Morgan fingerprint density at radius 1 is 0.917 bits per heavy atom. The van der Waals surface area contributed by atoms with Crippen LogP contribution in [0.2, 0.25) is 0 Å². The summed E-state index contributed by atoms with van der Waals surface area (Å²) in [7, 11) is -3.98. The van der Waals surface area contributed by atoms with Gasteiger partial charge in [0, 0.05) is 0 Å². The number of rotatable bonds is 12. The second kappa shape index (κ2) is 12.7. The highest BCUT2D eigenvalue weighted by atomic mass is 32.2. The van der Waals surface area contributed by atoms with Crippen LogP contribution in [0.4, 0.5) is 5.69 Å². The van der Waals surface area contributed by atoms with Crippen LogP contribution in [-0.4, -0.2) is 40.3 Å². The van der Waals surface area contributed by atoms with E-state index in [1.165, 1.54) is 18.3 Å². The molecule has 0 radical (unpaired) electrons. The zero-order chi connectivity index (χ0) is 26.0. The zero-order valence-electron chi connectivity index (χ0n) is 20.7. The van der Waals surface area contributed by atoms with E-state index in [-0.39, 0.29) is 4.90 Å². The van der Waals surface area contributed by atoms with Crippen LogP contribution >= 0.6 is 0 Å². The molecular weight excluding hydrogens is 478 g/mol. The van der Waals surface area contributed by atoms with Crippen LogP contribution in [0.3, 0.4) is 0 Å². The Balaban J connectivity index is 1.79. The summed E-state index contributed by atoms with van der Waals surface area (Å²) in [6.45, 7) is 6.32. The van der Waals surface area contributed by atoms with E-state index in [9.17, 15) is 13.2 Å². The lowest BCUT2D eigenvalue weighted by atomic mass is 10.1. The minimum Gasteiger partial charge on any atom is -0.490 e. The van der Waals surface area contributed by atoms with Crippen molar-refractivity contribution in [2.24, 2.45) is 5.10 Å². The number of ether oxygens (including phenoxy) is 2. The van der Waals surface area contributed by atoms with E-state index >= 15 is 0 Å². The number of nitrogens with one attached hydrogen (secondary N) is 1. The molecule has 190 valence electrons. The van der Waals surface area contributed by atoms with Crippen molar-refractivity contribution in [3.63, 3.8) is 0 Å². The maximum Gasteiger partial charge on any atom is 0.264 e. The summed E-state index contributed by atoms with van der Waals surface area (Å²) < 4.78 is 39.0. The smallest absolute Gasteiger partial charge is 0.264 e. The molecule has 0 aliphatic heterocycles. The van der Waals surface area contributed by atoms with E-state index in [1.807, 2.05) is 32.9 Å². The number of nitrogens with zero attached hydrogens (tertiary/aromatic N) is 2. The fraction of sp³-hybridized carbons (Fsp3) is 0.259. The van der Waals surface area contributed by atoms with Crippen molar-refractivity contribution in [2.45, 2.75) is 32.1 Å². The number of carbonyl (C=O) groups excluding carboxylic acids is 1. The number of carbonyl (C=O) groups is 1. The molecule has 0 saturated heterocycles. The predicted octanol–water partition coefficient (Wildman–Crippen LogP) is 4.39. The molecule has 3 rings (SSSR count). The first kappa shape index (κ1) is 26.7. The van der Waals surface area contributed by atoms with Gasteiger partial charge in [-0.1, -0.05) is 37.3 Å². The average molecular weight is 510 g/mol. The van der Waals surface area contributed by atoms with Gasteiger partial charge < -0.3 is 9.47 Å². The summed E-state index contributed by atoms with van der Waals surface area (Å²) >= 11 is 0. The third-order valence-corrected chi connectivity index (χ3v) is 7.01. The predicted molar refractivity (Wildman–Crippen MR) is 141 cm³/mol. The normalized spacial score (nSPS) is 11.3. The van der Waals surface area contributed by atoms with Gasteiger partial charge in [-0.05, 0) is 73.9 Å². The van der Waals surface area contributed by atoms with Crippen LogP contribution in [0.15, 0.2) is 82.8 Å². The Kier molecular flexibility index (Phi) is 9.46. The van der Waals surface area contributed by atoms with Crippen LogP contribution in [-0.2, 0) is 21.2 Å². The van der Waals surface area contributed by atoms with Gasteiger partial charge in [0.15, 0.2) is 11.5 Å². The Bertz CT molecular complexity index is 1280. The Morgan fingerprint density at radius 2 is 1.58 bits per heavy atom. The quantitative estimate of drug-likeness (QED) is 0.288. The third kappa shape index (κ3) is 6.85. The molecular formula is C27H31N3O5S. The van der Waals surface area contributed by atoms with Crippen molar-refractivity contribution in [2.75, 3.05) is 24.1 Å². The molecule has 0 bridgehead atoms. The molecule has 8 nitrogen and oxygen atoms in total. The highest BCUT2D eigenvalue weighted by Crippen LogP contribution is 2.28. The Hall–Kier alpha value is -3.85. The number of hydrogen-bond acceptors (Lipinski definition) is 6. The Morgan fingerprint density at radius 3 is 2.22 bits per heavy atom. The van der Waals surface area contributed by atoms with Crippen molar-refractivity contribution in [1.29, 1.82) is 0 Å². The number of benzene rings is 3. The number of amides is 1. The first-order chi connectivity index (χ1) is 17.4. The number of anilines is 1. The lowest BCUT2D eigenvalue weighted by molar-refractivity contribution is -0.119. The minimum absolute atomic E-state index is 0.0960. The van der Waals surface area contributed by atoms with Crippen LogP contribution < -0.4 is 19.2 Å². The molecule has 1 N–H and O–H groups in total. The molecule has 0 heterocycles. The molecule has 0 saturated carbocycles. The van der Waals surface area contributed by atoms with E-state index in [2.05, 4.69) is 10.5 Å². The van der Waals surface area contributed by atoms with Crippen molar-refractivity contribution in [3.05, 3.63) is 83.9 Å². The number of aryl methyl sites for hydroxylation is 1. The highest BCUT2D eigenvalue weighted by Gasteiger charge is 2.27. The van der Waals surface area contributed by atoms with Gasteiger partial charge in [-0.25, -0.2) is 13.8 Å². The van der Waals surface area contributed by atoms with Gasteiger partial charge in [-0.3, -0.25) is 9.10 Å². The summed E-state index contributed by atoms with van der Waals surface area (Å²) in [6, 6.07) is 20.4. The van der Waals surface area contributed by atoms with Crippen molar-refractivity contribution in [3.8, 4) is 11.5 Å². The molecule has 0 spiro atoms. The Labute approximate surface area is 212 Å². The second-order valence-corrected chi connectivity index (χ2v) is 9.57. The van der Waals surface area contributed by atoms with Gasteiger partial charge in [0.1, 0.15) is 6.54 Å². The van der Waals surface area contributed by atoms with Crippen LogP contribution in [0.5, 0.6) is 11.5 Å². The van der Waals surface area contributed by atoms with E-state index < -0.39 is 22.5 Å². The molecule has 0 aliphatic rings. The van der Waals surface area contributed by atoms with Crippen LogP contribution in [0.1, 0.15) is 31.9 Å². The molecule has 1 amide bonds. The molecule has 3 aromatic rings. The molecule has 0 unspecified atom stereocenters. The molecule has 3 aromatic carbocycles. The van der Waals surface area contributed by atoms with E-state index in [0.717, 1.165) is 16.3 Å². The van der Waals surface area contributed by atoms with Crippen molar-refractivity contribution in [1.82, 2.24) is 5.43 Å². The first-order valence-corrected chi connectivity index (χ1v) is 13.2. The van der Waals surface area contributed by atoms with Gasteiger partial charge in [0.2, 0.25) is 0 Å². The monoisotopic (exact) mass is 509 g/mol.